The van der Waals surface area contributed by atoms with Crippen LogP contribution in [0.2, 0.25) is 0 Å². The van der Waals surface area contributed by atoms with Crippen LogP contribution in [-0.4, -0.2) is 40.3 Å². The lowest BCUT2D eigenvalue weighted by Crippen LogP contribution is -2.43. The van der Waals surface area contributed by atoms with E-state index >= 15 is 0 Å². The highest BCUT2D eigenvalue weighted by Gasteiger charge is 2.27. The van der Waals surface area contributed by atoms with Crippen LogP contribution in [0, 0.1) is 5.82 Å². The van der Waals surface area contributed by atoms with Crippen LogP contribution < -0.4 is 5.56 Å². The molecule has 0 radical (unpaired) electrons. The van der Waals surface area contributed by atoms with E-state index < -0.39 is 11.4 Å². The Bertz CT molecular complexity index is 1080. The number of carbonyl (C=O) groups excluding carboxylic acids is 1. The lowest BCUT2D eigenvalue weighted by Gasteiger charge is -2.33. The highest BCUT2D eigenvalue weighted by molar-refractivity contribution is 9.10. The standard InChI is InChI=1S/C21H17BrFN3O3/c22-15-3-1-14(2-4-15)19-13-25(11-12-29-19)21(28)18-9-10-20(27)26(24-18)17-7-5-16(23)6-8-17/h1-10,19H,11-13H2. The molecule has 6 nitrogen and oxygen atoms in total. The largest absolute Gasteiger partial charge is 0.370 e. The first-order valence-corrected chi connectivity index (χ1v) is 9.83. The van der Waals surface area contributed by atoms with Gasteiger partial charge in [0.05, 0.1) is 18.8 Å². The SMILES string of the molecule is O=C(c1ccc(=O)n(-c2ccc(F)cc2)n1)N1CCOC(c2ccc(Br)cc2)C1. The van der Waals surface area contributed by atoms with Crippen molar-refractivity contribution >= 4 is 21.8 Å². The first kappa shape index (κ1) is 19.5. The number of hydrogen-bond acceptors (Lipinski definition) is 4. The second-order valence-electron chi connectivity index (χ2n) is 6.61. The summed E-state index contributed by atoms with van der Waals surface area (Å²) in [6.07, 6.45) is -0.233. The monoisotopic (exact) mass is 457 g/mol. The van der Waals surface area contributed by atoms with E-state index in [0.717, 1.165) is 14.7 Å². The van der Waals surface area contributed by atoms with Gasteiger partial charge in [0.15, 0.2) is 0 Å². The molecule has 2 aromatic carbocycles. The summed E-state index contributed by atoms with van der Waals surface area (Å²) in [5.41, 5.74) is 1.11. The van der Waals surface area contributed by atoms with Crippen molar-refractivity contribution in [3.8, 4) is 5.69 Å². The van der Waals surface area contributed by atoms with E-state index in [0.29, 0.717) is 25.4 Å². The lowest BCUT2D eigenvalue weighted by atomic mass is 10.1. The molecule has 29 heavy (non-hydrogen) atoms. The molecule has 4 rings (SSSR count). The quantitative estimate of drug-likeness (QED) is 0.604. The van der Waals surface area contributed by atoms with E-state index in [1.165, 1.54) is 36.4 Å². The molecule has 148 valence electrons. The molecule has 3 aromatic rings. The van der Waals surface area contributed by atoms with Crippen LogP contribution in [0.25, 0.3) is 5.69 Å². The Morgan fingerprint density at radius 2 is 1.79 bits per heavy atom. The van der Waals surface area contributed by atoms with Crippen LogP contribution in [0.3, 0.4) is 0 Å². The van der Waals surface area contributed by atoms with Gasteiger partial charge in [-0.3, -0.25) is 9.59 Å². The van der Waals surface area contributed by atoms with Gasteiger partial charge in [-0.05, 0) is 48.0 Å². The van der Waals surface area contributed by atoms with Crippen molar-refractivity contribution in [2.24, 2.45) is 0 Å². The first-order valence-electron chi connectivity index (χ1n) is 9.04. The number of ether oxygens (including phenoxy) is 1. The maximum Gasteiger partial charge on any atom is 0.274 e. The zero-order valence-corrected chi connectivity index (χ0v) is 16.9. The highest BCUT2D eigenvalue weighted by atomic mass is 79.9. The van der Waals surface area contributed by atoms with Gasteiger partial charge >= 0.3 is 0 Å². The fourth-order valence-electron chi connectivity index (χ4n) is 3.17. The summed E-state index contributed by atoms with van der Waals surface area (Å²) in [7, 11) is 0. The second-order valence-corrected chi connectivity index (χ2v) is 7.52. The summed E-state index contributed by atoms with van der Waals surface area (Å²) in [4.78, 5) is 26.8. The molecular weight excluding hydrogens is 441 g/mol. The maximum absolute atomic E-state index is 13.2. The zero-order valence-electron chi connectivity index (χ0n) is 15.3. The number of carbonyl (C=O) groups is 1. The van der Waals surface area contributed by atoms with Gasteiger partial charge < -0.3 is 9.64 Å². The number of hydrogen-bond donors (Lipinski definition) is 0. The summed E-state index contributed by atoms with van der Waals surface area (Å²) in [6, 6.07) is 15.8. The van der Waals surface area contributed by atoms with Crippen LogP contribution in [0.1, 0.15) is 22.2 Å². The van der Waals surface area contributed by atoms with Crippen LogP contribution in [-0.2, 0) is 4.74 Å². The van der Waals surface area contributed by atoms with Crippen LogP contribution in [0.4, 0.5) is 4.39 Å². The Hall–Kier alpha value is -2.84. The molecule has 0 aliphatic carbocycles. The molecular formula is C21H17BrFN3O3. The number of aromatic nitrogens is 2. The summed E-state index contributed by atoms with van der Waals surface area (Å²) in [6.45, 7) is 1.23. The smallest absolute Gasteiger partial charge is 0.274 e. The van der Waals surface area contributed by atoms with Gasteiger partial charge in [-0.25, -0.2) is 4.39 Å². The van der Waals surface area contributed by atoms with Crippen LogP contribution >= 0.6 is 15.9 Å². The molecule has 0 N–H and O–H groups in total. The molecule has 1 aliphatic rings. The van der Waals surface area contributed by atoms with Gasteiger partial charge in [-0.2, -0.15) is 9.78 Å². The number of nitrogens with zero attached hydrogens (tertiary/aromatic N) is 3. The molecule has 0 bridgehead atoms. The van der Waals surface area contributed by atoms with Crippen molar-refractivity contribution in [2.75, 3.05) is 19.7 Å². The molecule has 1 fully saturated rings. The summed E-state index contributed by atoms with van der Waals surface area (Å²) in [5.74, 6) is -0.701. The molecule has 0 spiro atoms. The van der Waals surface area contributed by atoms with Gasteiger partial charge in [-0.15, -0.1) is 0 Å². The van der Waals surface area contributed by atoms with E-state index in [4.69, 9.17) is 4.74 Å². The molecule has 1 unspecified atom stereocenters. The Morgan fingerprint density at radius 1 is 1.07 bits per heavy atom. The van der Waals surface area contributed by atoms with Crippen molar-refractivity contribution < 1.29 is 13.9 Å². The molecule has 1 saturated heterocycles. The average Bonchev–Trinajstić information content (AvgIpc) is 2.75. The van der Waals surface area contributed by atoms with Gasteiger partial charge in [-0.1, -0.05) is 28.1 Å². The third kappa shape index (κ3) is 4.28. The third-order valence-corrected chi connectivity index (χ3v) is 5.21. The minimum Gasteiger partial charge on any atom is -0.370 e. The van der Waals surface area contributed by atoms with E-state index in [2.05, 4.69) is 21.0 Å². The van der Waals surface area contributed by atoms with Crippen LogP contribution in [0.15, 0.2) is 69.9 Å². The maximum atomic E-state index is 13.2. The lowest BCUT2D eigenvalue weighted by molar-refractivity contribution is -0.0230. The predicted molar refractivity (Wildman–Crippen MR) is 109 cm³/mol. The van der Waals surface area contributed by atoms with Gasteiger partial charge in [0.25, 0.3) is 11.5 Å². The first-order chi connectivity index (χ1) is 14.0. The van der Waals surface area contributed by atoms with E-state index in [1.807, 2.05) is 24.3 Å². The molecule has 8 heteroatoms. The van der Waals surface area contributed by atoms with Crippen molar-refractivity contribution in [3.05, 3.63) is 92.6 Å². The minimum atomic E-state index is -0.415. The van der Waals surface area contributed by atoms with Crippen molar-refractivity contribution in [2.45, 2.75) is 6.10 Å². The fraction of sp³-hybridized carbons (Fsp3) is 0.190. The van der Waals surface area contributed by atoms with E-state index in [-0.39, 0.29) is 17.7 Å². The Labute approximate surface area is 174 Å². The number of rotatable bonds is 3. The van der Waals surface area contributed by atoms with Crippen molar-refractivity contribution in [1.82, 2.24) is 14.7 Å². The molecule has 1 aromatic heterocycles. The van der Waals surface area contributed by atoms with E-state index in [1.54, 1.807) is 4.90 Å². The number of amides is 1. The van der Waals surface area contributed by atoms with Gasteiger partial charge in [0.2, 0.25) is 0 Å². The Kier molecular flexibility index (Phi) is 5.55. The van der Waals surface area contributed by atoms with E-state index in [9.17, 15) is 14.0 Å². The third-order valence-electron chi connectivity index (χ3n) is 4.69. The van der Waals surface area contributed by atoms with Gasteiger partial charge in [0.1, 0.15) is 17.6 Å². The minimum absolute atomic E-state index is 0.144. The molecule has 1 aliphatic heterocycles. The Balaban J connectivity index is 1.57. The van der Waals surface area contributed by atoms with Crippen molar-refractivity contribution in [1.29, 1.82) is 0 Å². The molecule has 1 atom stereocenters. The Morgan fingerprint density at radius 3 is 2.52 bits per heavy atom. The summed E-state index contributed by atoms with van der Waals surface area (Å²) in [5, 5.41) is 4.20. The molecule has 0 saturated carbocycles. The van der Waals surface area contributed by atoms with Gasteiger partial charge in [0, 0.05) is 17.1 Å². The summed E-state index contributed by atoms with van der Waals surface area (Å²) >= 11 is 3.41. The normalized spacial score (nSPS) is 16.6. The van der Waals surface area contributed by atoms with Crippen molar-refractivity contribution in [3.63, 3.8) is 0 Å². The predicted octanol–water partition coefficient (Wildman–Crippen LogP) is 3.35. The summed E-state index contributed by atoms with van der Waals surface area (Å²) < 4.78 is 21.1. The molecule has 2 heterocycles. The number of morpholine rings is 1. The fourth-order valence-corrected chi connectivity index (χ4v) is 3.43. The number of benzene rings is 2. The topological polar surface area (TPSA) is 64.4 Å². The van der Waals surface area contributed by atoms with Crippen LogP contribution in [0.5, 0.6) is 0 Å². The second kappa shape index (κ2) is 8.26. The average molecular weight is 458 g/mol. The number of halogens is 2. The molecule has 1 amide bonds. The highest BCUT2D eigenvalue weighted by Crippen LogP contribution is 2.24. The zero-order chi connectivity index (χ0) is 20.4.